The number of dihydropyridines is 1. The fourth-order valence-corrected chi connectivity index (χ4v) is 4.93. The number of ether oxygens (including phenoxy) is 1. The lowest BCUT2D eigenvalue weighted by atomic mass is 9.89. The lowest BCUT2D eigenvalue weighted by Gasteiger charge is -2.22. The molecule has 0 radical (unpaired) electrons. The molecule has 0 amide bonds. The molecule has 7 heteroatoms. The number of hydrogen-bond acceptors (Lipinski definition) is 7. The molecule has 182 valence electrons. The summed E-state index contributed by atoms with van der Waals surface area (Å²) < 4.78 is 5.23. The Bertz CT molecular complexity index is 1150. The van der Waals surface area contributed by atoms with Gasteiger partial charge < -0.3 is 9.64 Å². The first-order valence-corrected chi connectivity index (χ1v) is 12.5. The molecule has 35 heavy (non-hydrogen) atoms. The molecular formula is C28H33N5O2. The van der Waals surface area contributed by atoms with Crippen LogP contribution in [-0.2, 0) is 4.79 Å². The van der Waals surface area contributed by atoms with Crippen LogP contribution in [0.25, 0.3) is 0 Å². The number of allylic oxidation sites excluding steroid dienone is 1. The number of Topliss-reactive ketones (excluding diaryl/α,β-unsaturated/α-hetero) is 1. The van der Waals surface area contributed by atoms with Crippen LogP contribution in [0.15, 0.2) is 53.3 Å². The van der Waals surface area contributed by atoms with Gasteiger partial charge in [-0.05, 0) is 56.7 Å². The second-order valence-electron chi connectivity index (χ2n) is 9.26. The Hall–Kier alpha value is -3.53. The van der Waals surface area contributed by atoms with Crippen LogP contribution >= 0.6 is 0 Å². The smallest absolute Gasteiger partial charge is 0.218 e. The summed E-state index contributed by atoms with van der Waals surface area (Å²) in [5, 5.41) is 9.25. The first-order valence-electron chi connectivity index (χ1n) is 12.5. The molecule has 0 N–H and O–H groups in total. The van der Waals surface area contributed by atoms with Gasteiger partial charge in [-0.1, -0.05) is 24.6 Å². The van der Waals surface area contributed by atoms with Crippen molar-refractivity contribution in [1.29, 1.82) is 5.26 Å². The Morgan fingerprint density at radius 3 is 2.91 bits per heavy atom. The Kier molecular flexibility index (Phi) is 8.25. The van der Waals surface area contributed by atoms with Crippen molar-refractivity contribution in [3.05, 3.63) is 59.4 Å². The second kappa shape index (κ2) is 11.7. The maximum Gasteiger partial charge on any atom is 0.218 e. The van der Waals surface area contributed by atoms with E-state index in [9.17, 15) is 10.1 Å². The van der Waals surface area contributed by atoms with E-state index in [2.05, 4.69) is 33.9 Å². The Morgan fingerprint density at radius 1 is 1.23 bits per heavy atom. The first kappa shape index (κ1) is 24.6. The van der Waals surface area contributed by atoms with Crippen molar-refractivity contribution >= 4 is 17.3 Å². The van der Waals surface area contributed by atoms with Crippen molar-refractivity contribution in [2.24, 2.45) is 10.9 Å². The molecule has 0 bridgehead atoms. The Balaban J connectivity index is 1.36. The number of ketones is 1. The molecule has 0 spiro atoms. The number of aliphatic imine (C=N–C) groups is 1. The van der Waals surface area contributed by atoms with Gasteiger partial charge in [-0.15, -0.1) is 0 Å². The van der Waals surface area contributed by atoms with E-state index in [1.807, 2.05) is 30.3 Å². The summed E-state index contributed by atoms with van der Waals surface area (Å²) in [4.78, 5) is 28.8. The van der Waals surface area contributed by atoms with Gasteiger partial charge in [0.25, 0.3) is 0 Å². The molecule has 2 aromatic rings. The highest BCUT2D eigenvalue weighted by Gasteiger charge is 2.25. The van der Waals surface area contributed by atoms with Gasteiger partial charge >= 0.3 is 0 Å². The summed E-state index contributed by atoms with van der Waals surface area (Å²) in [6.07, 6.45) is 9.58. The first-order chi connectivity index (χ1) is 17.1. The predicted molar refractivity (Wildman–Crippen MR) is 137 cm³/mol. The van der Waals surface area contributed by atoms with E-state index in [0.29, 0.717) is 23.6 Å². The van der Waals surface area contributed by atoms with Crippen molar-refractivity contribution in [2.75, 3.05) is 25.1 Å². The van der Waals surface area contributed by atoms with Crippen molar-refractivity contribution in [2.45, 2.75) is 57.9 Å². The number of benzene rings is 1. The summed E-state index contributed by atoms with van der Waals surface area (Å²) in [5.41, 5.74) is 3.88. The number of nitrogens with zero attached hydrogens (tertiary/aromatic N) is 5. The SMILES string of the molecule is CCC1=CC(c2cccc(C#N)c2)=NC(CCC(=O)C2CCCN(c3cc(OC)ncn3)CC2)C1. The highest BCUT2D eigenvalue weighted by Crippen LogP contribution is 2.27. The summed E-state index contributed by atoms with van der Waals surface area (Å²) in [6.45, 7) is 3.85. The van der Waals surface area contributed by atoms with Crippen molar-refractivity contribution < 1.29 is 9.53 Å². The number of hydrogen-bond donors (Lipinski definition) is 0. The zero-order valence-electron chi connectivity index (χ0n) is 20.6. The minimum absolute atomic E-state index is 0.0873. The second-order valence-corrected chi connectivity index (χ2v) is 9.26. The lowest BCUT2D eigenvalue weighted by Crippen LogP contribution is -2.26. The van der Waals surface area contributed by atoms with E-state index in [1.54, 1.807) is 7.11 Å². The Morgan fingerprint density at radius 2 is 2.11 bits per heavy atom. The number of carbonyl (C=O) groups is 1. The minimum atomic E-state index is 0.0873. The molecule has 7 nitrogen and oxygen atoms in total. The highest BCUT2D eigenvalue weighted by atomic mass is 16.5. The van der Waals surface area contributed by atoms with E-state index in [-0.39, 0.29) is 12.0 Å². The predicted octanol–water partition coefficient (Wildman–Crippen LogP) is 4.91. The van der Waals surface area contributed by atoms with Crippen molar-refractivity contribution in [3.63, 3.8) is 0 Å². The third-order valence-electron chi connectivity index (χ3n) is 6.97. The van der Waals surface area contributed by atoms with Crippen molar-refractivity contribution in [1.82, 2.24) is 9.97 Å². The molecule has 2 atom stereocenters. The number of aromatic nitrogens is 2. The van der Waals surface area contributed by atoms with Gasteiger partial charge in [0.2, 0.25) is 5.88 Å². The third kappa shape index (κ3) is 6.33. The molecule has 1 fully saturated rings. The number of carbonyl (C=O) groups excluding carboxylic acids is 1. The maximum atomic E-state index is 13.2. The molecule has 4 rings (SSSR count). The average molecular weight is 472 g/mol. The quantitative estimate of drug-likeness (QED) is 0.543. The van der Waals surface area contributed by atoms with E-state index < -0.39 is 0 Å². The molecule has 2 unspecified atom stereocenters. The molecule has 3 heterocycles. The molecule has 1 saturated heterocycles. The minimum Gasteiger partial charge on any atom is -0.481 e. The normalized spacial score (nSPS) is 20.3. The van der Waals surface area contributed by atoms with Crippen LogP contribution in [0.2, 0.25) is 0 Å². The van der Waals surface area contributed by atoms with Crippen LogP contribution in [0.5, 0.6) is 5.88 Å². The topological polar surface area (TPSA) is 91.5 Å². The van der Waals surface area contributed by atoms with Crippen LogP contribution in [0.3, 0.4) is 0 Å². The molecular weight excluding hydrogens is 438 g/mol. The largest absolute Gasteiger partial charge is 0.481 e. The standard InChI is InChI=1S/C28H33N5O2/c1-3-20-15-24(32-25(16-20)23-7-4-6-21(14-23)18-29)9-10-26(34)22-8-5-12-33(13-11-22)27-17-28(35-2)31-19-30-27/h4,6-7,14,16-17,19,22,24H,3,5,8-13,15H2,1-2H3. The van der Waals surface area contributed by atoms with E-state index in [4.69, 9.17) is 9.73 Å². The van der Waals surface area contributed by atoms with Crippen LogP contribution in [0, 0.1) is 17.2 Å². The number of nitriles is 1. The molecule has 0 aliphatic carbocycles. The summed E-state index contributed by atoms with van der Waals surface area (Å²) in [7, 11) is 1.60. The van der Waals surface area contributed by atoms with Crippen LogP contribution < -0.4 is 9.64 Å². The van der Waals surface area contributed by atoms with Crippen molar-refractivity contribution in [3.8, 4) is 11.9 Å². The number of methoxy groups -OCH3 is 1. The fourth-order valence-electron chi connectivity index (χ4n) is 4.93. The van der Waals surface area contributed by atoms with E-state index in [0.717, 1.165) is 68.7 Å². The van der Waals surface area contributed by atoms with Crippen LogP contribution in [-0.4, -0.2) is 47.7 Å². The molecule has 2 aliphatic heterocycles. The van der Waals surface area contributed by atoms with Gasteiger partial charge in [0.15, 0.2) is 0 Å². The average Bonchev–Trinajstić information content (AvgIpc) is 3.18. The zero-order chi connectivity index (χ0) is 24.6. The van der Waals surface area contributed by atoms with Crippen LogP contribution in [0.1, 0.15) is 63.0 Å². The zero-order valence-corrected chi connectivity index (χ0v) is 20.6. The van der Waals surface area contributed by atoms with E-state index >= 15 is 0 Å². The summed E-state index contributed by atoms with van der Waals surface area (Å²) >= 11 is 0. The maximum absolute atomic E-state index is 13.2. The molecule has 1 aromatic heterocycles. The van der Waals surface area contributed by atoms with Gasteiger partial charge in [0.05, 0.1) is 30.5 Å². The third-order valence-corrected chi connectivity index (χ3v) is 6.97. The molecule has 0 saturated carbocycles. The Labute approximate surface area is 207 Å². The van der Waals surface area contributed by atoms with Gasteiger partial charge in [-0.25, -0.2) is 9.97 Å². The van der Waals surface area contributed by atoms with Gasteiger partial charge in [-0.2, -0.15) is 5.26 Å². The summed E-state index contributed by atoms with van der Waals surface area (Å²) in [5.74, 6) is 1.85. The van der Waals surface area contributed by atoms with Crippen LogP contribution in [0.4, 0.5) is 5.82 Å². The summed E-state index contributed by atoms with van der Waals surface area (Å²) in [6, 6.07) is 11.8. The van der Waals surface area contributed by atoms with E-state index in [1.165, 1.54) is 11.9 Å². The molecule has 1 aromatic carbocycles. The number of rotatable bonds is 8. The molecule has 2 aliphatic rings. The van der Waals surface area contributed by atoms with Gasteiger partial charge in [-0.3, -0.25) is 9.79 Å². The highest BCUT2D eigenvalue weighted by molar-refractivity contribution is 6.09. The van der Waals surface area contributed by atoms with Gasteiger partial charge in [0, 0.05) is 37.1 Å². The van der Waals surface area contributed by atoms with Gasteiger partial charge in [0.1, 0.15) is 17.9 Å². The lowest BCUT2D eigenvalue weighted by molar-refractivity contribution is -0.123. The number of anilines is 1. The monoisotopic (exact) mass is 471 g/mol. The fraction of sp³-hybridized carbons (Fsp3) is 0.464.